The summed E-state index contributed by atoms with van der Waals surface area (Å²) in [7, 11) is 1.57. The van der Waals surface area contributed by atoms with E-state index in [1.165, 1.54) is 6.08 Å². The topological polar surface area (TPSA) is 65.7 Å². The molecule has 0 radical (unpaired) electrons. The number of methoxy groups -OCH3 is 1. The van der Waals surface area contributed by atoms with Crippen molar-refractivity contribution in [1.29, 1.82) is 0 Å². The highest BCUT2D eigenvalue weighted by molar-refractivity contribution is 5.91. The van der Waals surface area contributed by atoms with Crippen LogP contribution in [0.4, 0.5) is 0 Å². The summed E-state index contributed by atoms with van der Waals surface area (Å²) in [5.41, 5.74) is 2.35. The highest BCUT2D eigenvalue weighted by atomic mass is 16.5. The van der Waals surface area contributed by atoms with Crippen molar-refractivity contribution in [2.45, 2.75) is 6.92 Å². The Labute approximate surface area is 179 Å². The lowest BCUT2D eigenvalue weighted by molar-refractivity contribution is -0.129. The Morgan fingerprint density at radius 1 is 0.968 bits per heavy atom. The van der Waals surface area contributed by atoms with Gasteiger partial charge in [-0.2, -0.15) is 0 Å². The second-order valence-corrected chi connectivity index (χ2v) is 6.98. The summed E-state index contributed by atoms with van der Waals surface area (Å²) in [6.45, 7) is 1.88. The van der Waals surface area contributed by atoms with Crippen LogP contribution in [0.1, 0.15) is 11.1 Å². The van der Waals surface area contributed by atoms with Crippen molar-refractivity contribution in [2.24, 2.45) is 0 Å². The molecule has 0 saturated heterocycles. The number of fused-ring (bicyclic) bond motifs is 1. The van der Waals surface area contributed by atoms with Gasteiger partial charge in [0, 0.05) is 11.6 Å². The first-order valence-electron chi connectivity index (χ1n) is 9.72. The predicted octanol–water partition coefficient (Wildman–Crippen LogP) is 5.40. The maximum Gasteiger partial charge on any atom is 0.336 e. The highest BCUT2D eigenvalue weighted by Crippen LogP contribution is 2.32. The molecule has 0 bridgehead atoms. The molecule has 0 saturated carbocycles. The van der Waals surface area contributed by atoms with E-state index in [2.05, 4.69) is 0 Å². The Morgan fingerprint density at radius 3 is 2.42 bits per heavy atom. The molecular formula is C26H20O5. The van der Waals surface area contributed by atoms with Crippen LogP contribution >= 0.6 is 0 Å². The van der Waals surface area contributed by atoms with Crippen molar-refractivity contribution in [3.8, 4) is 22.8 Å². The lowest BCUT2D eigenvalue weighted by Gasteiger charge is -2.10. The maximum atomic E-state index is 13.2. The summed E-state index contributed by atoms with van der Waals surface area (Å²) in [6, 6.07) is 21.6. The molecule has 4 aromatic rings. The van der Waals surface area contributed by atoms with Gasteiger partial charge in [-0.3, -0.25) is 4.79 Å². The number of esters is 1. The van der Waals surface area contributed by atoms with Crippen LogP contribution in [0.3, 0.4) is 0 Å². The van der Waals surface area contributed by atoms with E-state index in [1.54, 1.807) is 49.6 Å². The van der Waals surface area contributed by atoms with Gasteiger partial charge in [0.2, 0.25) is 11.2 Å². The van der Waals surface area contributed by atoms with E-state index in [0.29, 0.717) is 22.3 Å². The van der Waals surface area contributed by atoms with Crippen LogP contribution in [-0.4, -0.2) is 13.1 Å². The summed E-state index contributed by atoms with van der Waals surface area (Å²) in [5, 5.41) is 0.354. The Kier molecular flexibility index (Phi) is 5.67. The lowest BCUT2D eigenvalue weighted by Crippen LogP contribution is -2.14. The third-order valence-electron chi connectivity index (χ3n) is 4.77. The van der Waals surface area contributed by atoms with E-state index < -0.39 is 11.4 Å². The van der Waals surface area contributed by atoms with Crippen molar-refractivity contribution in [2.75, 3.05) is 7.11 Å². The molecule has 0 amide bonds. The van der Waals surface area contributed by atoms with Gasteiger partial charge in [-0.1, -0.05) is 42.0 Å². The minimum atomic E-state index is -0.669. The van der Waals surface area contributed by atoms with Crippen LogP contribution in [0.5, 0.6) is 11.5 Å². The molecule has 0 atom stereocenters. The van der Waals surface area contributed by atoms with Crippen molar-refractivity contribution < 1.29 is 18.7 Å². The SMILES string of the molecule is COc1ccc(-c2oc3ccc(C)cc3c(=O)c2OC(=O)/C=C/c2ccccc2)cc1. The quantitative estimate of drug-likeness (QED) is 0.325. The molecular weight excluding hydrogens is 392 g/mol. The van der Waals surface area contributed by atoms with E-state index in [0.717, 1.165) is 11.1 Å². The molecule has 4 rings (SSSR count). The maximum absolute atomic E-state index is 13.2. The Balaban J connectivity index is 1.79. The monoisotopic (exact) mass is 412 g/mol. The Hall–Kier alpha value is -4.12. The first kappa shape index (κ1) is 20.2. The molecule has 0 fully saturated rings. The zero-order valence-electron chi connectivity index (χ0n) is 17.1. The summed E-state index contributed by atoms with van der Waals surface area (Å²) >= 11 is 0. The summed E-state index contributed by atoms with van der Waals surface area (Å²) in [6.07, 6.45) is 2.91. The zero-order valence-corrected chi connectivity index (χ0v) is 17.1. The van der Waals surface area contributed by atoms with Crippen molar-refractivity contribution in [1.82, 2.24) is 0 Å². The normalized spacial score (nSPS) is 11.0. The number of carbonyl (C=O) groups excluding carboxylic acids is 1. The third-order valence-corrected chi connectivity index (χ3v) is 4.77. The van der Waals surface area contributed by atoms with Crippen LogP contribution in [-0.2, 0) is 4.79 Å². The van der Waals surface area contributed by atoms with E-state index in [9.17, 15) is 9.59 Å². The average molecular weight is 412 g/mol. The van der Waals surface area contributed by atoms with E-state index in [-0.39, 0.29) is 11.5 Å². The van der Waals surface area contributed by atoms with Gasteiger partial charge in [-0.25, -0.2) is 4.79 Å². The van der Waals surface area contributed by atoms with E-state index in [1.807, 2.05) is 43.3 Å². The number of ether oxygens (including phenoxy) is 2. The Bertz CT molecular complexity index is 1320. The average Bonchev–Trinajstić information content (AvgIpc) is 2.80. The molecule has 3 aromatic carbocycles. The van der Waals surface area contributed by atoms with Gasteiger partial charge in [0.1, 0.15) is 11.3 Å². The van der Waals surface area contributed by atoms with E-state index >= 15 is 0 Å². The standard InChI is InChI=1S/C26H20O5/c1-17-8-14-22-21(16-17)24(28)26(25(30-22)19-10-12-20(29-2)13-11-19)31-23(27)15-9-18-6-4-3-5-7-18/h3-16H,1-2H3/b15-9+. The van der Waals surface area contributed by atoms with Gasteiger partial charge in [0.25, 0.3) is 0 Å². The molecule has 0 spiro atoms. The summed E-state index contributed by atoms with van der Waals surface area (Å²) in [4.78, 5) is 25.7. The molecule has 1 aromatic heterocycles. The van der Waals surface area contributed by atoms with Crippen LogP contribution in [0.25, 0.3) is 28.4 Å². The van der Waals surface area contributed by atoms with Crippen molar-refractivity contribution in [3.05, 3.63) is 100 Å². The largest absolute Gasteiger partial charge is 0.497 e. The van der Waals surface area contributed by atoms with Crippen LogP contribution < -0.4 is 14.9 Å². The smallest absolute Gasteiger partial charge is 0.336 e. The fraction of sp³-hybridized carbons (Fsp3) is 0.0769. The van der Waals surface area contributed by atoms with Gasteiger partial charge < -0.3 is 13.9 Å². The molecule has 0 aliphatic heterocycles. The number of hydrogen-bond donors (Lipinski definition) is 0. The first-order chi connectivity index (χ1) is 15.0. The highest BCUT2D eigenvalue weighted by Gasteiger charge is 2.20. The second-order valence-electron chi connectivity index (χ2n) is 6.98. The molecule has 1 heterocycles. The minimum absolute atomic E-state index is 0.147. The molecule has 5 nitrogen and oxygen atoms in total. The summed E-state index contributed by atoms with van der Waals surface area (Å²) < 4.78 is 16.7. The second kappa shape index (κ2) is 8.71. The van der Waals surface area contributed by atoms with Gasteiger partial charge in [-0.15, -0.1) is 0 Å². The van der Waals surface area contributed by atoms with Crippen molar-refractivity contribution >= 4 is 23.0 Å². The number of carbonyl (C=O) groups is 1. The molecule has 0 N–H and O–H groups in total. The number of hydrogen-bond acceptors (Lipinski definition) is 5. The van der Waals surface area contributed by atoms with Crippen LogP contribution in [0, 0.1) is 6.92 Å². The zero-order chi connectivity index (χ0) is 21.8. The fourth-order valence-electron chi connectivity index (χ4n) is 3.18. The third kappa shape index (κ3) is 4.41. The molecule has 0 aliphatic rings. The minimum Gasteiger partial charge on any atom is -0.497 e. The lowest BCUT2D eigenvalue weighted by atomic mass is 10.1. The van der Waals surface area contributed by atoms with Gasteiger partial charge >= 0.3 is 5.97 Å². The molecule has 0 unspecified atom stereocenters. The first-order valence-corrected chi connectivity index (χ1v) is 9.72. The molecule has 154 valence electrons. The summed E-state index contributed by atoms with van der Waals surface area (Å²) in [5.74, 6) is 0.0289. The fourth-order valence-corrected chi connectivity index (χ4v) is 3.18. The van der Waals surface area contributed by atoms with Gasteiger partial charge in [-0.05, 0) is 55.0 Å². The Morgan fingerprint density at radius 2 is 1.71 bits per heavy atom. The predicted molar refractivity (Wildman–Crippen MR) is 120 cm³/mol. The van der Waals surface area contributed by atoms with Gasteiger partial charge in [0.05, 0.1) is 12.5 Å². The van der Waals surface area contributed by atoms with E-state index in [4.69, 9.17) is 13.9 Å². The van der Waals surface area contributed by atoms with Gasteiger partial charge in [0.15, 0.2) is 5.76 Å². The van der Waals surface area contributed by atoms with Crippen molar-refractivity contribution in [3.63, 3.8) is 0 Å². The number of benzene rings is 3. The number of aryl methyl sites for hydroxylation is 1. The molecule has 31 heavy (non-hydrogen) atoms. The molecule has 0 aliphatic carbocycles. The molecule has 5 heteroatoms. The van der Waals surface area contributed by atoms with Crippen LogP contribution in [0.2, 0.25) is 0 Å². The number of rotatable bonds is 5. The van der Waals surface area contributed by atoms with Crippen LogP contribution in [0.15, 0.2) is 88.1 Å².